The van der Waals surface area contributed by atoms with Crippen LogP contribution >= 0.6 is 11.3 Å². The van der Waals surface area contributed by atoms with Gasteiger partial charge in [-0.3, -0.25) is 20.1 Å². The zero-order chi connectivity index (χ0) is 20.1. The Bertz CT molecular complexity index is 1520. The molecule has 0 saturated carbocycles. The average molecular weight is 413 g/mol. The Morgan fingerprint density at radius 1 is 0.900 bits per heavy atom. The third-order valence-electron chi connectivity index (χ3n) is 4.89. The molecular formula is C21H12FN7S. The topological polar surface area (TPSA) is 96.0 Å². The number of rotatable bonds is 3. The van der Waals surface area contributed by atoms with E-state index in [1.807, 2.05) is 18.2 Å². The van der Waals surface area contributed by atoms with Crippen molar-refractivity contribution in [1.29, 1.82) is 0 Å². The minimum atomic E-state index is -0.235. The first kappa shape index (κ1) is 16.9. The highest BCUT2D eigenvalue weighted by atomic mass is 32.1. The monoisotopic (exact) mass is 413 g/mol. The van der Waals surface area contributed by atoms with Crippen molar-refractivity contribution >= 4 is 33.3 Å². The van der Waals surface area contributed by atoms with E-state index < -0.39 is 0 Å². The molecule has 6 heterocycles. The molecule has 0 aliphatic rings. The molecule has 30 heavy (non-hydrogen) atoms. The Morgan fingerprint density at radius 3 is 2.70 bits per heavy atom. The number of aromatic amines is 2. The maximum atomic E-state index is 13.5. The normalized spacial score (nSPS) is 11.5. The molecule has 0 bridgehead atoms. The van der Waals surface area contributed by atoms with E-state index in [9.17, 15) is 4.39 Å². The maximum Gasteiger partial charge on any atom is 0.181 e. The summed E-state index contributed by atoms with van der Waals surface area (Å²) in [5.74, 6) is 0. The van der Waals surface area contributed by atoms with Gasteiger partial charge in [0.05, 0.1) is 33.8 Å². The summed E-state index contributed by atoms with van der Waals surface area (Å²) in [6.07, 6.45) is 8.43. The fourth-order valence-electron chi connectivity index (χ4n) is 3.52. The molecule has 6 aromatic rings. The summed E-state index contributed by atoms with van der Waals surface area (Å²) in [4.78, 5) is 21.6. The molecule has 0 atom stereocenters. The van der Waals surface area contributed by atoms with Crippen LogP contribution in [0.15, 0.2) is 61.3 Å². The zero-order valence-electron chi connectivity index (χ0n) is 15.3. The number of nitrogens with zero attached hydrogens (tertiary/aromatic N) is 5. The van der Waals surface area contributed by atoms with Crippen LogP contribution in [0.4, 0.5) is 4.39 Å². The number of hydrogen-bond donors (Lipinski definition) is 2. The zero-order valence-corrected chi connectivity index (χ0v) is 16.1. The van der Waals surface area contributed by atoms with Crippen molar-refractivity contribution in [3.05, 3.63) is 66.4 Å². The summed E-state index contributed by atoms with van der Waals surface area (Å²) >= 11 is 1.08. The van der Waals surface area contributed by atoms with Crippen LogP contribution < -0.4 is 0 Å². The smallest absolute Gasteiger partial charge is 0.181 e. The number of nitrogens with one attached hydrogen (secondary N) is 2. The number of H-pyrrole nitrogens is 2. The molecule has 0 unspecified atom stereocenters. The van der Waals surface area contributed by atoms with Gasteiger partial charge in [-0.2, -0.15) is 9.49 Å². The van der Waals surface area contributed by atoms with Crippen LogP contribution in [-0.4, -0.2) is 35.1 Å². The number of pyridine rings is 2. The van der Waals surface area contributed by atoms with E-state index in [1.54, 1.807) is 37.1 Å². The predicted molar refractivity (Wildman–Crippen MR) is 113 cm³/mol. The second-order valence-electron chi connectivity index (χ2n) is 6.69. The summed E-state index contributed by atoms with van der Waals surface area (Å²) < 4.78 is 13.5. The van der Waals surface area contributed by atoms with Crippen LogP contribution in [0.1, 0.15) is 0 Å². The van der Waals surface area contributed by atoms with Gasteiger partial charge in [-0.25, -0.2) is 4.98 Å². The summed E-state index contributed by atoms with van der Waals surface area (Å²) in [6, 6.07) is 9.09. The third-order valence-corrected chi connectivity index (χ3v) is 5.77. The molecule has 0 amide bonds. The van der Waals surface area contributed by atoms with Gasteiger partial charge >= 0.3 is 0 Å². The summed E-state index contributed by atoms with van der Waals surface area (Å²) in [5, 5.41) is 8.94. The van der Waals surface area contributed by atoms with Crippen molar-refractivity contribution in [2.75, 3.05) is 0 Å². The fourth-order valence-corrected chi connectivity index (χ4v) is 4.26. The van der Waals surface area contributed by atoms with Gasteiger partial charge in [0.15, 0.2) is 10.8 Å². The van der Waals surface area contributed by atoms with Gasteiger partial charge in [-0.15, -0.1) is 11.3 Å². The Balaban J connectivity index is 1.52. The predicted octanol–water partition coefficient (Wildman–Crippen LogP) is 4.83. The van der Waals surface area contributed by atoms with E-state index in [-0.39, 0.29) is 5.13 Å². The lowest BCUT2D eigenvalue weighted by Gasteiger charge is -2.00. The largest absolute Gasteiger partial charge is 0.353 e. The lowest BCUT2D eigenvalue weighted by Crippen LogP contribution is -1.86. The number of aromatic nitrogens is 7. The highest BCUT2D eigenvalue weighted by Gasteiger charge is 2.16. The molecule has 0 fully saturated rings. The Labute approximate surface area is 172 Å². The van der Waals surface area contributed by atoms with Gasteiger partial charge in [-0.1, -0.05) is 0 Å². The lowest BCUT2D eigenvalue weighted by molar-refractivity contribution is 0.657. The Hall–Kier alpha value is -3.98. The first-order chi connectivity index (χ1) is 14.8. The molecule has 0 aliphatic carbocycles. The number of fused-ring (bicyclic) bond motifs is 2. The molecule has 144 valence electrons. The van der Waals surface area contributed by atoms with E-state index in [2.05, 4.69) is 35.1 Å². The molecule has 0 radical (unpaired) electrons. The molecule has 9 heteroatoms. The van der Waals surface area contributed by atoms with Crippen molar-refractivity contribution in [3.8, 4) is 33.2 Å². The molecule has 7 nitrogen and oxygen atoms in total. The van der Waals surface area contributed by atoms with Crippen molar-refractivity contribution < 1.29 is 4.39 Å². The van der Waals surface area contributed by atoms with Crippen LogP contribution in [0.5, 0.6) is 0 Å². The van der Waals surface area contributed by atoms with Crippen LogP contribution in [0.25, 0.3) is 55.2 Å². The van der Waals surface area contributed by atoms with Gasteiger partial charge in [-0.05, 0) is 30.3 Å². The number of halogens is 1. The van der Waals surface area contributed by atoms with E-state index in [0.717, 1.165) is 60.8 Å². The van der Waals surface area contributed by atoms with Crippen molar-refractivity contribution in [2.24, 2.45) is 0 Å². The summed E-state index contributed by atoms with van der Waals surface area (Å²) in [7, 11) is 0. The van der Waals surface area contributed by atoms with Gasteiger partial charge in [0.1, 0.15) is 0 Å². The number of thiophene rings is 1. The van der Waals surface area contributed by atoms with Gasteiger partial charge in [0, 0.05) is 46.6 Å². The second-order valence-corrected chi connectivity index (χ2v) is 7.73. The van der Waals surface area contributed by atoms with E-state index in [0.29, 0.717) is 5.65 Å². The van der Waals surface area contributed by atoms with Crippen LogP contribution in [0.3, 0.4) is 0 Å². The molecular weight excluding hydrogens is 401 g/mol. The standard InChI is InChI=1S/C21H12FN7S/c22-18-2-1-17(30-18)20-12-8-15(27-14(12)3-4-25-20)19-13-7-11(9-26-21(13)29-28-19)16-10-23-5-6-24-16/h1-10,27H,(H,26,28,29). The van der Waals surface area contributed by atoms with Crippen molar-refractivity contribution in [1.82, 2.24) is 35.1 Å². The SMILES string of the molecule is Fc1ccc(-c2nccc3[nH]c(-c4[nH]nc5ncc(-c6cnccn6)cc45)cc23)s1. The van der Waals surface area contributed by atoms with Crippen molar-refractivity contribution in [2.45, 2.75) is 0 Å². The first-order valence-corrected chi connectivity index (χ1v) is 9.92. The lowest BCUT2D eigenvalue weighted by atomic mass is 10.1. The summed E-state index contributed by atoms with van der Waals surface area (Å²) in [5.41, 5.74) is 5.50. The first-order valence-electron chi connectivity index (χ1n) is 9.10. The van der Waals surface area contributed by atoms with Gasteiger partial charge < -0.3 is 4.98 Å². The van der Waals surface area contributed by atoms with E-state index in [4.69, 9.17) is 0 Å². The fraction of sp³-hybridized carbons (Fsp3) is 0. The molecule has 2 N–H and O–H groups in total. The van der Waals surface area contributed by atoms with Gasteiger partial charge in [0.2, 0.25) is 0 Å². The van der Waals surface area contributed by atoms with E-state index in [1.165, 1.54) is 6.07 Å². The Morgan fingerprint density at radius 2 is 1.87 bits per heavy atom. The molecule has 0 saturated heterocycles. The highest BCUT2D eigenvalue weighted by molar-refractivity contribution is 7.13. The minimum absolute atomic E-state index is 0.235. The third kappa shape index (κ3) is 2.67. The van der Waals surface area contributed by atoms with Crippen LogP contribution in [0, 0.1) is 5.13 Å². The Kier molecular flexibility index (Phi) is 3.68. The molecule has 0 aromatic carbocycles. The quantitative estimate of drug-likeness (QED) is 0.433. The average Bonchev–Trinajstić information content (AvgIpc) is 3.51. The molecule has 0 aliphatic heterocycles. The summed E-state index contributed by atoms with van der Waals surface area (Å²) in [6.45, 7) is 0. The second kappa shape index (κ2) is 6.53. The van der Waals surface area contributed by atoms with Gasteiger partial charge in [0.25, 0.3) is 0 Å². The molecule has 0 spiro atoms. The molecule has 6 aromatic heterocycles. The number of hydrogen-bond acceptors (Lipinski definition) is 6. The maximum absolute atomic E-state index is 13.5. The highest BCUT2D eigenvalue weighted by Crippen LogP contribution is 2.35. The van der Waals surface area contributed by atoms with Crippen LogP contribution in [0.2, 0.25) is 0 Å². The molecule has 6 rings (SSSR count). The van der Waals surface area contributed by atoms with Crippen LogP contribution in [-0.2, 0) is 0 Å². The minimum Gasteiger partial charge on any atom is -0.353 e. The van der Waals surface area contributed by atoms with E-state index >= 15 is 0 Å². The van der Waals surface area contributed by atoms with Crippen molar-refractivity contribution in [3.63, 3.8) is 0 Å².